The lowest BCUT2D eigenvalue weighted by molar-refractivity contribution is -0.137. The lowest BCUT2D eigenvalue weighted by Gasteiger charge is -2.33. The fraction of sp³-hybridized carbons (Fsp3) is 0.700. The molecule has 4 rings (SSSR count). The average Bonchev–Trinajstić information content (AvgIpc) is 3.38. The molecule has 146 valence electrons. The Balaban J connectivity index is 1.30. The highest BCUT2D eigenvalue weighted by molar-refractivity contribution is 7.11. The summed E-state index contributed by atoms with van der Waals surface area (Å²) in [6.07, 6.45) is 9.19. The highest BCUT2D eigenvalue weighted by Gasteiger charge is 2.40. The summed E-state index contributed by atoms with van der Waals surface area (Å²) in [6, 6.07) is 0.339. The molecule has 27 heavy (non-hydrogen) atoms. The molecular weight excluding hydrogens is 362 g/mol. The van der Waals surface area contributed by atoms with Crippen LogP contribution in [0.15, 0.2) is 11.6 Å². The Morgan fingerprint density at radius 2 is 1.78 bits per heavy atom. The summed E-state index contributed by atoms with van der Waals surface area (Å²) in [5.74, 6) is 0.113. The van der Waals surface area contributed by atoms with Crippen LogP contribution in [0.2, 0.25) is 0 Å². The third-order valence-corrected chi connectivity index (χ3v) is 7.13. The number of amides is 2. The molecule has 0 bridgehead atoms. The van der Waals surface area contributed by atoms with Crippen LogP contribution in [0.4, 0.5) is 0 Å². The zero-order valence-corrected chi connectivity index (χ0v) is 16.5. The van der Waals surface area contributed by atoms with E-state index in [-0.39, 0.29) is 29.4 Å². The molecule has 1 atom stereocenters. The molecule has 1 aliphatic carbocycles. The van der Waals surface area contributed by atoms with Gasteiger partial charge in [0, 0.05) is 49.6 Å². The maximum atomic E-state index is 12.9. The molecule has 0 unspecified atom stereocenters. The Kier molecular flexibility index (Phi) is 5.57. The minimum Gasteiger partial charge on any atom is -0.342 e. The topological polar surface area (TPSA) is 70.6 Å². The second-order valence-electron chi connectivity index (χ2n) is 8.04. The van der Waals surface area contributed by atoms with Gasteiger partial charge in [0.1, 0.15) is 0 Å². The van der Waals surface area contributed by atoms with Crippen LogP contribution in [0.1, 0.15) is 61.2 Å². The summed E-state index contributed by atoms with van der Waals surface area (Å²) in [6.45, 7) is 1.80. The van der Waals surface area contributed by atoms with E-state index in [4.69, 9.17) is 0 Å². The Labute approximate surface area is 163 Å². The van der Waals surface area contributed by atoms with Crippen LogP contribution in [-0.4, -0.2) is 58.1 Å². The van der Waals surface area contributed by atoms with Gasteiger partial charge in [0.2, 0.25) is 11.8 Å². The number of piperidine rings is 1. The smallest absolute Gasteiger partial charge is 0.227 e. The van der Waals surface area contributed by atoms with Crippen LogP contribution in [0.3, 0.4) is 0 Å². The first-order valence-electron chi connectivity index (χ1n) is 10.2. The predicted octanol–water partition coefficient (Wildman–Crippen LogP) is 2.75. The molecule has 3 fully saturated rings. The fourth-order valence-corrected chi connectivity index (χ4v) is 5.44. The molecule has 2 amide bonds. The number of rotatable bonds is 4. The van der Waals surface area contributed by atoms with E-state index in [0.717, 1.165) is 12.8 Å². The maximum Gasteiger partial charge on any atom is 0.227 e. The van der Waals surface area contributed by atoms with Crippen molar-refractivity contribution in [3.63, 3.8) is 0 Å². The van der Waals surface area contributed by atoms with Crippen molar-refractivity contribution in [1.29, 1.82) is 0 Å². The maximum absolute atomic E-state index is 12.9. The molecule has 3 aliphatic rings. The normalized spacial score (nSPS) is 25.2. The van der Waals surface area contributed by atoms with Crippen LogP contribution < -0.4 is 0 Å². The largest absolute Gasteiger partial charge is 0.342 e. The summed E-state index contributed by atoms with van der Waals surface area (Å²) < 4.78 is 0. The van der Waals surface area contributed by atoms with E-state index in [2.05, 4.69) is 4.98 Å². The second-order valence-corrected chi connectivity index (χ2v) is 8.93. The number of hydrogen-bond acceptors (Lipinski definition) is 5. The van der Waals surface area contributed by atoms with E-state index >= 15 is 0 Å². The standard InChI is InChI=1S/C20H27N3O3S/c24-17-12-15(13-23(17)16-4-2-1-3-5-16)20(26)22-9-6-14(7-10-22)18(25)19-21-8-11-27-19/h8,11,14-16H,1-7,9-10,12-13H2/t15-/m0/s1. The number of aromatic nitrogens is 1. The molecule has 0 aromatic carbocycles. The van der Waals surface area contributed by atoms with Crippen LogP contribution in [0.25, 0.3) is 0 Å². The predicted molar refractivity (Wildman–Crippen MR) is 102 cm³/mol. The Hall–Kier alpha value is -1.76. The van der Waals surface area contributed by atoms with Gasteiger partial charge in [-0.1, -0.05) is 19.3 Å². The number of nitrogens with zero attached hydrogens (tertiary/aromatic N) is 3. The number of carbonyl (C=O) groups excluding carboxylic acids is 3. The molecule has 7 heteroatoms. The van der Waals surface area contributed by atoms with Gasteiger partial charge in [0.05, 0.1) is 5.92 Å². The molecule has 6 nitrogen and oxygen atoms in total. The molecule has 1 aromatic rings. The van der Waals surface area contributed by atoms with E-state index < -0.39 is 0 Å². The van der Waals surface area contributed by atoms with Gasteiger partial charge >= 0.3 is 0 Å². The van der Waals surface area contributed by atoms with E-state index in [1.165, 1.54) is 30.6 Å². The highest BCUT2D eigenvalue weighted by atomic mass is 32.1. The molecule has 3 heterocycles. The molecule has 0 N–H and O–H groups in total. The van der Waals surface area contributed by atoms with Crippen LogP contribution in [0.5, 0.6) is 0 Å². The second kappa shape index (κ2) is 8.09. The average molecular weight is 390 g/mol. The van der Waals surface area contributed by atoms with Gasteiger partial charge in [-0.2, -0.15) is 0 Å². The van der Waals surface area contributed by atoms with Gasteiger partial charge < -0.3 is 9.80 Å². The van der Waals surface area contributed by atoms with Crippen LogP contribution in [-0.2, 0) is 9.59 Å². The Morgan fingerprint density at radius 1 is 1.04 bits per heavy atom. The summed E-state index contributed by atoms with van der Waals surface area (Å²) in [5.41, 5.74) is 0. The number of ketones is 1. The molecule has 1 aromatic heterocycles. The lowest BCUT2D eigenvalue weighted by Crippen LogP contribution is -2.44. The van der Waals surface area contributed by atoms with Gasteiger partial charge in [-0.05, 0) is 25.7 Å². The first kappa shape index (κ1) is 18.6. The van der Waals surface area contributed by atoms with Crippen molar-refractivity contribution in [2.45, 2.75) is 57.4 Å². The molecule has 0 radical (unpaired) electrons. The number of hydrogen-bond donors (Lipinski definition) is 0. The van der Waals surface area contributed by atoms with Crippen molar-refractivity contribution in [2.24, 2.45) is 11.8 Å². The summed E-state index contributed by atoms with van der Waals surface area (Å²) in [7, 11) is 0. The summed E-state index contributed by atoms with van der Waals surface area (Å²) in [4.78, 5) is 45.8. The third-order valence-electron chi connectivity index (χ3n) is 6.34. The van der Waals surface area contributed by atoms with Gasteiger partial charge in [0.15, 0.2) is 10.8 Å². The number of likely N-dealkylation sites (tertiary alicyclic amines) is 2. The van der Waals surface area contributed by atoms with E-state index in [1.807, 2.05) is 15.2 Å². The quantitative estimate of drug-likeness (QED) is 0.743. The number of thiazole rings is 1. The number of carbonyl (C=O) groups is 3. The minimum absolute atomic E-state index is 0.0378. The first-order chi connectivity index (χ1) is 13.1. The highest BCUT2D eigenvalue weighted by Crippen LogP contribution is 2.31. The van der Waals surface area contributed by atoms with Crippen molar-refractivity contribution >= 4 is 28.9 Å². The SMILES string of the molecule is O=C(c1nccs1)C1CCN(C(=O)[C@H]2CC(=O)N(C3CCCCC3)C2)CC1. The van der Waals surface area contributed by atoms with Crippen LogP contribution in [0, 0.1) is 11.8 Å². The van der Waals surface area contributed by atoms with Crippen molar-refractivity contribution in [2.75, 3.05) is 19.6 Å². The van der Waals surface area contributed by atoms with Crippen molar-refractivity contribution in [1.82, 2.24) is 14.8 Å². The van der Waals surface area contributed by atoms with E-state index in [0.29, 0.717) is 49.9 Å². The van der Waals surface area contributed by atoms with Crippen LogP contribution >= 0.6 is 11.3 Å². The summed E-state index contributed by atoms with van der Waals surface area (Å²) >= 11 is 1.38. The van der Waals surface area contributed by atoms with Gasteiger partial charge in [-0.15, -0.1) is 11.3 Å². The van der Waals surface area contributed by atoms with Crippen molar-refractivity contribution < 1.29 is 14.4 Å². The zero-order valence-electron chi connectivity index (χ0n) is 15.6. The van der Waals surface area contributed by atoms with E-state index in [9.17, 15) is 14.4 Å². The molecule has 0 spiro atoms. The third kappa shape index (κ3) is 3.93. The van der Waals surface area contributed by atoms with Crippen molar-refractivity contribution in [3.05, 3.63) is 16.6 Å². The Morgan fingerprint density at radius 3 is 2.44 bits per heavy atom. The zero-order chi connectivity index (χ0) is 18.8. The number of Topliss-reactive ketones (excluding diaryl/α,β-unsaturated/α-hetero) is 1. The Bertz CT molecular complexity index is 691. The fourth-order valence-electron chi connectivity index (χ4n) is 4.78. The minimum atomic E-state index is -0.203. The summed E-state index contributed by atoms with van der Waals surface area (Å²) in [5, 5.41) is 2.39. The monoisotopic (exact) mass is 389 g/mol. The van der Waals surface area contributed by atoms with Gasteiger partial charge in [-0.3, -0.25) is 14.4 Å². The molecule has 2 aliphatic heterocycles. The van der Waals surface area contributed by atoms with Gasteiger partial charge in [-0.25, -0.2) is 4.98 Å². The first-order valence-corrected chi connectivity index (χ1v) is 11.0. The molecule has 2 saturated heterocycles. The molecular formula is C20H27N3O3S. The molecule has 1 saturated carbocycles. The van der Waals surface area contributed by atoms with Gasteiger partial charge in [0.25, 0.3) is 0 Å². The van der Waals surface area contributed by atoms with E-state index in [1.54, 1.807) is 6.20 Å². The van der Waals surface area contributed by atoms with Crippen molar-refractivity contribution in [3.8, 4) is 0 Å². The lowest BCUT2D eigenvalue weighted by atomic mass is 9.92.